The highest BCUT2D eigenvalue weighted by Crippen LogP contribution is 2.35. The smallest absolute Gasteiger partial charge is 0.329 e. The highest BCUT2D eigenvalue weighted by atomic mass is 16.5. The molecule has 0 saturated carbocycles. The Bertz CT molecular complexity index is 1240. The molecule has 6 heteroatoms. The molecule has 2 N–H and O–H groups in total. The number of hydrogen-bond donors (Lipinski definition) is 2. The normalized spacial score (nSPS) is 11.2. The summed E-state index contributed by atoms with van der Waals surface area (Å²) in [6, 6.07) is 19.1. The minimum absolute atomic E-state index is 0.150. The fraction of sp³-hybridized carbons (Fsp3) is 0.208. The van der Waals surface area contributed by atoms with Crippen molar-refractivity contribution in [2.45, 2.75) is 19.8 Å². The third-order valence-corrected chi connectivity index (χ3v) is 5.52. The fourth-order valence-electron chi connectivity index (χ4n) is 3.96. The van der Waals surface area contributed by atoms with Gasteiger partial charge in [0.2, 0.25) is 0 Å². The molecule has 1 aromatic heterocycles. The molecular formula is C24H24N2O4. The van der Waals surface area contributed by atoms with E-state index in [1.54, 1.807) is 29.4 Å². The largest absolute Gasteiger partial charge is 0.497 e. The molecule has 0 unspecified atom stereocenters. The minimum Gasteiger partial charge on any atom is -0.497 e. The van der Waals surface area contributed by atoms with Crippen LogP contribution in [-0.4, -0.2) is 26.5 Å². The molecule has 4 aromatic rings. The van der Waals surface area contributed by atoms with Gasteiger partial charge >= 0.3 is 5.69 Å². The molecule has 1 heterocycles. The third-order valence-electron chi connectivity index (χ3n) is 5.52. The molecule has 30 heavy (non-hydrogen) atoms. The topological polar surface area (TPSA) is 76.6 Å². The summed E-state index contributed by atoms with van der Waals surface area (Å²) in [6.07, 6.45) is 0. The number of imidazole rings is 1. The Morgan fingerprint density at radius 2 is 1.67 bits per heavy atom. The number of benzene rings is 3. The molecule has 0 spiro atoms. The summed E-state index contributed by atoms with van der Waals surface area (Å²) in [5, 5.41) is 20.1. The Hall–Kier alpha value is -3.35. The molecule has 3 aromatic carbocycles. The van der Waals surface area contributed by atoms with E-state index < -0.39 is 0 Å². The van der Waals surface area contributed by atoms with E-state index in [1.165, 1.54) is 0 Å². The molecule has 0 aliphatic rings. The second kappa shape index (κ2) is 8.18. The van der Waals surface area contributed by atoms with Crippen LogP contribution in [0, 0.1) is 0 Å². The summed E-state index contributed by atoms with van der Waals surface area (Å²) < 4.78 is 8.59. The van der Waals surface area contributed by atoms with Crippen LogP contribution in [0.25, 0.3) is 22.2 Å². The first kappa shape index (κ1) is 19.9. The van der Waals surface area contributed by atoms with Crippen LogP contribution in [-0.2, 0) is 26.8 Å². The molecule has 0 atom stereocenters. The van der Waals surface area contributed by atoms with E-state index in [2.05, 4.69) is 0 Å². The maximum atomic E-state index is 13.2. The van der Waals surface area contributed by atoms with Crippen LogP contribution in [0.15, 0.2) is 65.5 Å². The summed E-state index contributed by atoms with van der Waals surface area (Å²) in [5.41, 5.74) is 5.10. The van der Waals surface area contributed by atoms with Gasteiger partial charge in [0.1, 0.15) is 5.75 Å². The Morgan fingerprint density at radius 1 is 0.967 bits per heavy atom. The van der Waals surface area contributed by atoms with Crippen LogP contribution in [0.3, 0.4) is 0 Å². The van der Waals surface area contributed by atoms with Gasteiger partial charge < -0.3 is 14.9 Å². The van der Waals surface area contributed by atoms with Crippen molar-refractivity contribution < 1.29 is 14.9 Å². The molecule has 0 aliphatic carbocycles. The molecule has 0 fully saturated rings. The van der Waals surface area contributed by atoms with Crippen molar-refractivity contribution in [1.82, 2.24) is 9.13 Å². The van der Waals surface area contributed by atoms with Gasteiger partial charge in [-0.05, 0) is 40.5 Å². The molecule has 0 aliphatic heterocycles. The summed E-state index contributed by atoms with van der Waals surface area (Å²) in [6.45, 7) is -0.0713. The zero-order valence-electron chi connectivity index (χ0n) is 17.0. The number of rotatable bonds is 6. The van der Waals surface area contributed by atoms with E-state index in [-0.39, 0.29) is 18.9 Å². The number of hydrogen-bond acceptors (Lipinski definition) is 4. The first-order valence-corrected chi connectivity index (χ1v) is 9.73. The number of aliphatic hydroxyl groups excluding tert-OH is 2. The predicted octanol–water partition coefficient (Wildman–Crippen LogP) is 3.05. The predicted molar refractivity (Wildman–Crippen MR) is 117 cm³/mol. The first-order chi connectivity index (χ1) is 14.6. The van der Waals surface area contributed by atoms with Crippen molar-refractivity contribution in [2.75, 3.05) is 7.11 Å². The maximum Gasteiger partial charge on any atom is 0.329 e. The van der Waals surface area contributed by atoms with E-state index in [0.29, 0.717) is 28.9 Å². The van der Waals surface area contributed by atoms with Crippen molar-refractivity contribution in [3.63, 3.8) is 0 Å². The number of nitrogens with zero attached hydrogens (tertiary/aromatic N) is 2. The van der Waals surface area contributed by atoms with Crippen LogP contribution >= 0.6 is 0 Å². The number of aliphatic hydroxyl groups is 2. The van der Waals surface area contributed by atoms with Gasteiger partial charge in [0, 0.05) is 12.6 Å². The van der Waals surface area contributed by atoms with Crippen LogP contribution in [0.5, 0.6) is 5.75 Å². The number of fused-ring (bicyclic) bond motifs is 1. The van der Waals surface area contributed by atoms with Gasteiger partial charge in [-0.1, -0.05) is 42.5 Å². The van der Waals surface area contributed by atoms with Gasteiger partial charge in [0.25, 0.3) is 0 Å². The van der Waals surface area contributed by atoms with Gasteiger partial charge in [0.15, 0.2) is 0 Å². The second-order valence-electron chi connectivity index (χ2n) is 7.22. The summed E-state index contributed by atoms with van der Waals surface area (Å²) in [4.78, 5) is 13.2. The van der Waals surface area contributed by atoms with Gasteiger partial charge in [-0.2, -0.15) is 0 Å². The fourth-order valence-corrected chi connectivity index (χ4v) is 3.96. The zero-order valence-corrected chi connectivity index (χ0v) is 17.0. The molecule has 4 rings (SSSR count). The molecule has 0 bridgehead atoms. The first-order valence-electron chi connectivity index (χ1n) is 9.73. The number of aryl methyl sites for hydroxylation is 1. The van der Waals surface area contributed by atoms with Crippen molar-refractivity contribution in [3.05, 3.63) is 87.8 Å². The number of ether oxygens (including phenoxy) is 1. The van der Waals surface area contributed by atoms with Crippen molar-refractivity contribution in [2.24, 2.45) is 7.05 Å². The van der Waals surface area contributed by atoms with Crippen molar-refractivity contribution in [1.29, 1.82) is 0 Å². The van der Waals surface area contributed by atoms with E-state index in [4.69, 9.17) is 4.74 Å². The standard InChI is InChI=1S/C24H24N2O4/c1-25-21-12-18(14-27)20(15-28)22(17-8-10-19(30-2)11-9-17)23(21)26(24(25)29)13-16-6-4-3-5-7-16/h3-12,27-28H,13-15H2,1-2H3. The summed E-state index contributed by atoms with van der Waals surface area (Å²) in [7, 11) is 3.33. The van der Waals surface area contributed by atoms with E-state index in [1.807, 2.05) is 54.6 Å². The van der Waals surface area contributed by atoms with Crippen LogP contribution in [0.1, 0.15) is 16.7 Å². The van der Waals surface area contributed by atoms with E-state index >= 15 is 0 Å². The number of methoxy groups -OCH3 is 1. The summed E-state index contributed by atoms with van der Waals surface area (Å²) >= 11 is 0. The summed E-state index contributed by atoms with van der Waals surface area (Å²) in [5.74, 6) is 0.716. The lowest BCUT2D eigenvalue weighted by Crippen LogP contribution is -2.22. The zero-order chi connectivity index (χ0) is 21.3. The third kappa shape index (κ3) is 3.30. The lowest BCUT2D eigenvalue weighted by molar-refractivity contribution is 0.260. The average molecular weight is 404 g/mol. The molecular weight excluding hydrogens is 380 g/mol. The monoisotopic (exact) mass is 404 g/mol. The van der Waals surface area contributed by atoms with Gasteiger partial charge in [0.05, 0.1) is 37.9 Å². The SMILES string of the molecule is COc1ccc(-c2c(CO)c(CO)cc3c2n(Cc2ccccc2)c(=O)n3C)cc1. The molecule has 0 radical (unpaired) electrons. The molecule has 0 saturated heterocycles. The minimum atomic E-state index is -0.248. The highest BCUT2D eigenvalue weighted by molar-refractivity contribution is 5.95. The Balaban J connectivity index is 2.07. The Morgan fingerprint density at radius 3 is 2.27 bits per heavy atom. The van der Waals surface area contributed by atoms with Crippen LogP contribution in [0.4, 0.5) is 0 Å². The lowest BCUT2D eigenvalue weighted by Gasteiger charge is -2.16. The molecule has 154 valence electrons. The van der Waals surface area contributed by atoms with Crippen LogP contribution < -0.4 is 10.4 Å². The number of aromatic nitrogens is 2. The van der Waals surface area contributed by atoms with Gasteiger partial charge in [-0.15, -0.1) is 0 Å². The van der Waals surface area contributed by atoms with Gasteiger partial charge in [-0.3, -0.25) is 9.13 Å². The highest BCUT2D eigenvalue weighted by Gasteiger charge is 2.21. The lowest BCUT2D eigenvalue weighted by atomic mass is 9.94. The van der Waals surface area contributed by atoms with Crippen molar-refractivity contribution in [3.8, 4) is 16.9 Å². The van der Waals surface area contributed by atoms with E-state index in [0.717, 1.165) is 22.2 Å². The van der Waals surface area contributed by atoms with Crippen molar-refractivity contribution >= 4 is 11.0 Å². The Kier molecular flexibility index (Phi) is 5.44. The van der Waals surface area contributed by atoms with Crippen LogP contribution in [0.2, 0.25) is 0 Å². The average Bonchev–Trinajstić information content (AvgIpc) is 3.03. The second-order valence-corrected chi connectivity index (χ2v) is 7.22. The Labute approximate surface area is 174 Å². The molecule has 0 amide bonds. The van der Waals surface area contributed by atoms with Gasteiger partial charge in [-0.25, -0.2) is 4.79 Å². The maximum absolute atomic E-state index is 13.2. The van der Waals surface area contributed by atoms with E-state index in [9.17, 15) is 15.0 Å². The quantitative estimate of drug-likeness (QED) is 0.518. The molecule has 6 nitrogen and oxygen atoms in total.